The highest BCUT2D eigenvalue weighted by Crippen LogP contribution is 2.33. The van der Waals surface area contributed by atoms with Crippen molar-refractivity contribution in [2.45, 2.75) is 13.0 Å². The van der Waals surface area contributed by atoms with Crippen molar-refractivity contribution >= 4 is 39.7 Å². The number of hydrogen-bond acceptors (Lipinski definition) is 5. The Labute approximate surface area is 161 Å². The van der Waals surface area contributed by atoms with Gasteiger partial charge in [0.1, 0.15) is 5.15 Å². The summed E-state index contributed by atoms with van der Waals surface area (Å²) in [7, 11) is 0. The number of nitrogens with zero attached hydrogens (tertiary/aromatic N) is 2. The predicted molar refractivity (Wildman–Crippen MR) is 109 cm³/mol. The lowest BCUT2D eigenvalue weighted by Gasteiger charge is -2.15. The maximum atomic E-state index is 9.97. The standard InChI is InChI=1S/C20H18ClN5O/c1-11(27)14-4-2-3-5-17(14)24-13-9-15(19(21)23-10-13)12-6-7-18-16(8-12)20(22)26-25-18/h2-11,24,27H,1H3,(H3,22,25,26). The van der Waals surface area contributed by atoms with Gasteiger partial charge in [0.2, 0.25) is 0 Å². The molecule has 0 fully saturated rings. The van der Waals surface area contributed by atoms with Gasteiger partial charge in [0.25, 0.3) is 0 Å². The minimum absolute atomic E-state index is 0.394. The average molecular weight is 380 g/mol. The fourth-order valence-electron chi connectivity index (χ4n) is 3.05. The highest BCUT2D eigenvalue weighted by atomic mass is 35.5. The molecule has 6 nitrogen and oxygen atoms in total. The van der Waals surface area contributed by atoms with Crippen LogP contribution in [0.1, 0.15) is 18.6 Å². The summed E-state index contributed by atoms with van der Waals surface area (Å²) in [6, 6.07) is 15.3. The van der Waals surface area contributed by atoms with Crippen molar-refractivity contribution in [2.75, 3.05) is 11.1 Å². The van der Waals surface area contributed by atoms with Crippen molar-refractivity contribution in [2.24, 2.45) is 0 Å². The van der Waals surface area contributed by atoms with Crippen LogP contribution in [0.2, 0.25) is 5.15 Å². The predicted octanol–water partition coefficient (Wildman–Crippen LogP) is 4.66. The van der Waals surface area contributed by atoms with E-state index in [0.29, 0.717) is 11.0 Å². The summed E-state index contributed by atoms with van der Waals surface area (Å²) in [4.78, 5) is 4.30. The molecule has 0 aliphatic rings. The van der Waals surface area contributed by atoms with Crippen LogP contribution < -0.4 is 11.1 Å². The maximum absolute atomic E-state index is 9.97. The first-order valence-corrected chi connectivity index (χ1v) is 8.84. The fourth-order valence-corrected chi connectivity index (χ4v) is 3.26. The Balaban J connectivity index is 1.74. The third-order valence-electron chi connectivity index (χ3n) is 4.43. The molecule has 4 rings (SSSR count). The van der Waals surface area contributed by atoms with Crippen LogP contribution in [0, 0.1) is 0 Å². The molecule has 136 valence electrons. The van der Waals surface area contributed by atoms with E-state index in [2.05, 4.69) is 20.5 Å². The Morgan fingerprint density at radius 2 is 2.00 bits per heavy atom. The van der Waals surface area contributed by atoms with Crippen molar-refractivity contribution in [3.05, 3.63) is 65.4 Å². The zero-order valence-corrected chi connectivity index (χ0v) is 15.3. The number of aliphatic hydroxyl groups is 1. The monoisotopic (exact) mass is 379 g/mol. The summed E-state index contributed by atoms with van der Waals surface area (Å²) in [6.45, 7) is 1.73. The second-order valence-electron chi connectivity index (χ2n) is 6.32. The van der Waals surface area contributed by atoms with E-state index >= 15 is 0 Å². The minimum atomic E-state index is -0.583. The number of para-hydroxylation sites is 1. The van der Waals surface area contributed by atoms with Crippen LogP contribution in [-0.4, -0.2) is 20.3 Å². The van der Waals surface area contributed by atoms with Gasteiger partial charge >= 0.3 is 0 Å². The number of aromatic nitrogens is 3. The van der Waals surface area contributed by atoms with Crippen molar-refractivity contribution in [3.63, 3.8) is 0 Å². The molecule has 0 aliphatic heterocycles. The smallest absolute Gasteiger partial charge is 0.153 e. The molecular weight excluding hydrogens is 362 g/mol. The Morgan fingerprint density at radius 1 is 1.19 bits per heavy atom. The maximum Gasteiger partial charge on any atom is 0.153 e. The summed E-state index contributed by atoms with van der Waals surface area (Å²) in [5.41, 5.74) is 10.8. The highest BCUT2D eigenvalue weighted by molar-refractivity contribution is 6.32. The van der Waals surface area contributed by atoms with Crippen LogP contribution in [0.4, 0.5) is 17.2 Å². The first kappa shape index (κ1) is 17.3. The normalized spacial score (nSPS) is 12.3. The fraction of sp³-hybridized carbons (Fsp3) is 0.100. The molecule has 2 heterocycles. The third-order valence-corrected chi connectivity index (χ3v) is 4.73. The largest absolute Gasteiger partial charge is 0.389 e. The van der Waals surface area contributed by atoms with E-state index in [1.54, 1.807) is 13.1 Å². The molecule has 2 aromatic heterocycles. The van der Waals surface area contributed by atoms with Crippen LogP contribution in [-0.2, 0) is 0 Å². The van der Waals surface area contributed by atoms with Crippen LogP contribution in [0.3, 0.4) is 0 Å². The van der Waals surface area contributed by atoms with E-state index in [0.717, 1.165) is 39.0 Å². The Morgan fingerprint density at radius 3 is 2.81 bits per heavy atom. The van der Waals surface area contributed by atoms with E-state index in [4.69, 9.17) is 17.3 Å². The van der Waals surface area contributed by atoms with Crippen molar-refractivity contribution in [1.29, 1.82) is 0 Å². The SMILES string of the molecule is CC(O)c1ccccc1Nc1cnc(Cl)c(-c2ccc3[nH]nc(N)c3c2)c1. The van der Waals surface area contributed by atoms with Gasteiger partial charge in [0, 0.05) is 22.2 Å². The Hall–Kier alpha value is -3.09. The van der Waals surface area contributed by atoms with Gasteiger partial charge in [0.05, 0.1) is 23.5 Å². The van der Waals surface area contributed by atoms with Crippen LogP contribution >= 0.6 is 11.6 Å². The number of pyridine rings is 1. The molecule has 0 radical (unpaired) electrons. The first-order valence-electron chi connectivity index (χ1n) is 8.46. The number of aliphatic hydroxyl groups excluding tert-OH is 1. The minimum Gasteiger partial charge on any atom is -0.389 e. The van der Waals surface area contributed by atoms with Gasteiger partial charge in [-0.2, -0.15) is 5.10 Å². The molecule has 2 aromatic carbocycles. The molecular formula is C20H18ClN5O. The number of rotatable bonds is 4. The van der Waals surface area contributed by atoms with Gasteiger partial charge in [-0.05, 0) is 36.8 Å². The lowest BCUT2D eigenvalue weighted by Crippen LogP contribution is -2.00. The number of anilines is 3. The van der Waals surface area contributed by atoms with E-state index in [-0.39, 0.29) is 0 Å². The van der Waals surface area contributed by atoms with E-state index in [1.807, 2.05) is 48.5 Å². The van der Waals surface area contributed by atoms with E-state index in [1.165, 1.54) is 0 Å². The first-order chi connectivity index (χ1) is 13.0. The summed E-state index contributed by atoms with van der Waals surface area (Å²) < 4.78 is 0. The lowest BCUT2D eigenvalue weighted by atomic mass is 10.0. The molecule has 7 heteroatoms. The molecule has 0 spiro atoms. The zero-order chi connectivity index (χ0) is 19.0. The number of halogens is 1. The molecule has 27 heavy (non-hydrogen) atoms. The van der Waals surface area contributed by atoms with Gasteiger partial charge < -0.3 is 16.2 Å². The molecule has 0 bridgehead atoms. The molecule has 1 atom stereocenters. The Kier molecular flexibility index (Phi) is 4.43. The second-order valence-corrected chi connectivity index (χ2v) is 6.68. The Bertz CT molecular complexity index is 1120. The number of aromatic amines is 1. The molecule has 0 saturated carbocycles. The number of fused-ring (bicyclic) bond motifs is 1. The van der Waals surface area contributed by atoms with Crippen molar-refractivity contribution < 1.29 is 5.11 Å². The molecule has 0 aliphatic carbocycles. The van der Waals surface area contributed by atoms with Crippen molar-refractivity contribution in [1.82, 2.24) is 15.2 Å². The van der Waals surface area contributed by atoms with Gasteiger partial charge in [0.15, 0.2) is 5.82 Å². The van der Waals surface area contributed by atoms with E-state index < -0.39 is 6.10 Å². The average Bonchev–Trinajstić information content (AvgIpc) is 3.04. The lowest BCUT2D eigenvalue weighted by molar-refractivity contribution is 0.200. The molecule has 0 amide bonds. The number of hydrogen-bond donors (Lipinski definition) is 4. The molecule has 0 saturated heterocycles. The van der Waals surface area contributed by atoms with Gasteiger partial charge in [-0.25, -0.2) is 4.98 Å². The van der Waals surface area contributed by atoms with Gasteiger partial charge in [-0.1, -0.05) is 35.9 Å². The quantitative estimate of drug-likeness (QED) is 0.386. The summed E-state index contributed by atoms with van der Waals surface area (Å²) in [5, 5.41) is 21.4. The third kappa shape index (κ3) is 3.32. The zero-order valence-electron chi connectivity index (χ0n) is 14.6. The van der Waals surface area contributed by atoms with Crippen LogP contribution in [0.25, 0.3) is 22.0 Å². The topological polar surface area (TPSA) is 99.8 Å². The number of nitrogen functional groups attached to an aromatic ring is 1. The summed E-state index contributed by atoms with van der Waals surface area (Å²) in [6.07, 6.45) is 1.08. The van der Waals surface area contributed by atoms with Gasteiger partial charge in [-0.3, -0.25) is 5.10 Å². The summed E-state index contributed by atoms with van der Waals surface area (Å²) >= 11 is 6.35. The second kappa shape index (κ2) is 6.90. The number of nitrogens with one attached hydrogen (secondary N) is 2. The number of benzene rings is 2. The van der Waals surface area contributed by atoms with Crippen LogP contribution in [0.15, 0.2) is 54.7 Å². The highest BCUT2D eigenvalue weighted by Gasteiger charge is 2.12. The molecule has 4 aromatic rings. The van der Waals surface area contributed by atoms with E-state index in [9.17, 15) is 5.11 Å². The number of nitrogens with two attached hydrogens (primary N) is 1. The van der Waals surface area contributed by atoms with Crippen LogP contribution in [0.5, 0.6) is 0 Å². The number of H-pyrrole nitrogens is 1. The molecule has 1 unspecified atom stereocenters. The van der Waals surface area contributed by atoms with Gasteiger partial charge in [-0.15, -0.1) is 0 Å². The van der Waals surface area contributed by atoms with Crippen molar-refractivity contribution in [3.8, 4) is 11.1 Å². The molecule has 5 N–H and O–H groups in total. The summed E-state index contributed by atoms with van der Waals surface area (Å²) in [5.74, 6) is 0.441.